The minimum absolute atomic E-state index is 0.659. The summed E-state index contributed by atoms with van der Waals surface area (Å²) in [6.45, 7) is 0. The maximum Gasteiger partial charge on any atom is 0.194 e. The number of rotatable bonds is 5. The molecule has 11 aromatic rings. The molecule has 61 heavy (non-hydrogen) atoms. The molecule has 5 heteroatoms. The van der Waals surface area contributed by atoms with Gasteiger partial charge in [-0.1, -0.05) is 121 Å². The number of anilines is 6. The first-order valence-corrected chi connectivity index (χ1v) is 20.6. The van der Waals surface area contributed by atoms with Crippen LogP contribution >= 0.6 is 0 Å². The average Bonchev–Trinajstić information content (AvgIpc) is 3.71. The third-order valence-electron chi connectivity index (χ3n) is 12.2. The summed E-state index contributed by atoms with van der Waals surface area (Å²) in [6.07, 6.45) is 0. The number of para-hydroxylation sites is 4. The summed E-state index contributed by atoms with van der Waals surface area (Å²) in [5, 5.41) is 6.68. The van der Waals surface area contributed by atoms with E-state index in [2.05, 4.69) is 192 Å². The van der Waals surface area contributed by atoms with Gasteiger partial charge in [0.15, 0.2) is 23.0 Å². The second-order valence-corrected chi connectivity index (χ2v) is 15.7. The van der Waals surface area contributed by atoms with Crippen LogP contribution in [0.2, 0.25) is 0 Å². The van der Waals surface area contributed by atoms with Crippen molar-refractivity contribution in [1.29, 1.82) is 0 Å². The molecule has 3 heterocycles. The predicted molar refractivity (Wildman–Crippen MR) is 249 cm³/mol. The van der Waals surface area contributed by atoms with Gasteiger partial charge in [-0.3, -0.25) is 0 Å². The number of hydrogen-bond donors (Lipinski definition) is 0. The van der Waals surface area contributed by atoms with Gasteiger partial charge in [-0.25, -0.2) is 0 Å². The quantitative estimate of drug-likeness (QED) is 0.174. The topological polar surface area (TPSA) is 38.1 Å². The van der Waals surface area contributed by atoms with E-state index in [4.69, 9.17) is 13.9 Å². The first-order chi connectivity index (χ1) is 30.2. The Labute approximate surface area is 351 Å². The van der Waals surface area contributed by atoms with Crippen molar-refractivity contribution in [2.45, 2.75) is 0 Å². The first kappa shape index (κ1) is 33.7. The SMILES string of the molecule is c1ccc(N(c2ccc(-c3cc4c5c6c(cccc36)-c3ccccc3N(c3ccc6c(c3)oc3ccccc36)c3cccc(c3O5)O4)cc2)c2ccc3ccccc3c2)cc1. The molecule has 0 aliphatic carbocycles. The smallest absolute Gasteiger partial charge is 0.194 e. The molecule has 0 amide bonds. The van der Waals surface area contributed by atoms with Gasteiger partial charge in [0.2, 0.25) is 0 Å². The highest BCUT2D eigenvalue weighted by atomic mass is 16.6. The van der Waals surface area contributed by atoms with Gasteiger partial charge >= 0.3 is 0 Å². The monoisotopic (exact) mass is 782 g/mol. The molecule has 1 aromatic heterocycles. The Morgan fingerprint density at radius 2 is 1.08 bits per heavy atom. The molecule has 2 bridgehead atoms. The van der Waals surface area contributed by atoms with Crippen LogP contribution in [0.15, 0.2) is 211 Å². The van der Waals surface area contributed by atoms with Gasteiger partial charge in [-0.05, 0) is 112 Å². The molecular formula is C56H34N2O3. The van der Waals surface area contributed by atoms with Crippen LogP contribution in [0, 0.1) is 0 Å². The third kappa shape index (κ3) is 5.21. The molecule has 10 aromatic carbocycles. The van der Waals surface area contributed by atoms with Crippen molar-refractivity contribution in [1.82, 2.24) is 0 Å². The normalized spacial score (nSPS) is 12.5. The van der Waals surface area contributed by atoms with Gasteiger partial charge in [0.25, 0.3) is 0 Å². The van der Waals surface area contributed by atoms with Crippen molar-refractivity contribution in [2.24, 2.45) is 0 Å². The molecule has 0 spiro atoms. The van der Waals surface area contributed by atoms with Gasteiger partial charge in [-0.2, -0.15) is 0 Å². The number of ether oxygens (including phenoxy) is 2. The zero-order chi connectivity index (χ0) is 40.0. The molecule has 0 fully saturated rings. The summed E-state index contributed by atoms with van der Waals surface area (Å²) in [4.78, 5) is 4.59. The molecule has 286 valence electrons. The zero-order valence-corrected chi connectivity index (χ0v) is 32.7. The van der Waals surface area contributed by atoms with Crippen LogP contribution in [0.1, 0.15) is 0 Å². The van der Waals surface area contributed by atoms with E-state index in [0.717, 1.165) is 89.1 Å². The first-order valence-electron chi connectivity index (χ1n) is 20.6. The van der Waals surface area contributed by atoms with Gasteiger partial charge in [0.1, 0.15) is 11.2 Å². The van der Waals surface area contributed by atoms with Crippen molar-refractivity contribution in [3.8, 4) is 45.3 Å². The van der Waals surface area contributed by atoms with Gasteiger partial charge in [0, 0.05) is 44.9 Å². The Balaban J connectivity index is 0.990. The lowest BCUT2D eigenvalue weighted by Crippen LogP contribution is -2.12. The molecule has 2 aliphatic heterocycles. The lowest BCUT2D eigenvalue weighted by atomic mass is 9.90. The predicted octanol–water partition coefficient (Wildman–Crippen LogP) is 16.4. The summed E-state index contributed by atoms with van der Waals surface area (Å²) in [5.41, 5.74) is 12.1. The van der Waals surface area contributed by atoms with E-state index in [0.29, 0.717) is 23.0 Å². The molecule has 0 radical (unpaired) electrons. The number of hydrogen-bond acceptors (Lipinski definition) is 5. The highest BCUT2D eigenvalue weighted by molar-refractivity contribution is 6.13. The zero-order valence-electron chi connectivity index (χ0n) is 32.7. The van der Waals surface area contributed by atoms with E-state index in [1.54, 1.807) is 0 Å². The van der Waals surface area contributed by atoms with Crippen LogP contribution in [-0.2, 0) is 0 Å². The Morgan fingerprint density at radius 1 is 0.377 bits per heavy atom. The van der Waals surface area contributed by atoms with Gasteiger partial charge < -0.3 is 23.7 Å². The minimum atomic E-state index is 0.659. The lowest BCUT2D eigenvalue weighted by molar-refractivity contribution is 0.364. The molecule has 0 N–H and O–H groups in total. The van der Waals surface area contributed by atoms with Crippen molar-refractivity contribution < 1.29 is 13.9 Å². The Kier molecular flexibility index (Phi) is 7.24. The van der Waals surface area contributed by atoms with E-state index in [9.17, 15) is 0 Å². The van der Waals surface area contributed by atoms with Gasteiger partial charge in [-0.15, -0.1) is 0 Å². The Hall–Kier alpha value is -8.28. The van der Waals surface area contributed by atoms with Crippen LogP contribution in [-0.4, -0.2) is 0 Å². The maximum absolute atomic E-state index is 7.13. The highest BCUT2D eigenvalue weighted by Gasteiger charge is 2.33. The second-order valence-electron chi connectivity index (χ2n) is 15.7. The van der Waals surface area contributed by atoms with E-state index >= 15 is 0 Å². The lowest BCUT2D eigenvalue weighted by Gasteiger charge is -2.30. The minimum Gasteiger partial charge on any atom is -0.456 e. The maximum atomic E-state index is 7.13. The van der Waals surface area contributed by atoms with Crippen LogP contribution in [0.3, 0.4) is 0 Å². The number of nitrogens with zero attached hydrogens (tertiary/aromatic N) is 2. The van der Waals surface area contributed by atoms with E-state index in [1.165, 1.54) is 10.8 Å². The average molecular weight is 783 g/mol. The summed E-state index contributed by atoms with van der Waals surface area (Å²) >= 11 is 0. The fraction of sp³-hybridized carbons (Fsp3) is 0. The molecule has 2 aliphatic rings. The van der Waals surface area contributed by atoms with Crippen LogP contribution in [0.4, 0.5) is 34.1 Å². The summed E-state index contributed by atoms with van der Waals surface area (Å²) in [7, 11) is 0. The molecule has 0 atom stereocenters. The van der Waals surface area contributed by atoms with Crippen molar-refractivity contribution >= 4 is 77.6 Å². The van der Waals surface area contributed by atoms with Gasteiger partial charge in [0.05, 0.1) is 17.1 Å². The molecule has 0 saturated heterocycles. The molecule has 0 saturated carbocycles. The van der Waals surface area contributed by atoms with E-state index in [-0.39, 0.29) is 0 Å². The summed E-state index contributed by atoms with van der Waals surface area (Å²) < 4.78 is 20.4. The molecule has 5 nitrogen and oxygen atoms in total. The Bertz CT molecular complexity index is 3560. The number of furan rings is 1. The molecule has 0 unspecified atom stereocenters. The van der Waals surface area contributed by atoms with E-state index < -0.39 is 0 Å². The standard InChI is InChI=1S/C56H34N2O3/c1-2-14-38(15-3-1)57(40-29-24-35-12-4-5-13-37(35)32-40)39-27-25-36(26-28-39)47-34-53-56-54-45(18-10-19-46(47)54)42-16-6-8-20-48(42)58(49-21-11-23-51(60-53)55(49)61-56)41-30-31-44-43-17-7-9-22-50(43)59-52(44)33-41/h1-34H. The van der Waals surface area contributed by atoms with Crippen LogP contribution in [0.5, 0.6) is 23.0 Å². The second kappa shape index (κ2) is 13.1. The number of benzene rings is 10. The Morgan fingerprint density at radius 3 is 2.00 bits per heavy atom. The number of fused-ring (bicyclic) bond motifs is 6. The summed E-state index contributed by atoms with van der Waals surface area (Å²) in [6, 6.07) is 72.7. The third-order valence-corrected chi connectivity index (χ3v) is 12.2. The summed E-state index contributed by atoms with van der Waals surface area (Å²) in [5.74, 6) is 2.72. The van der Waals surface area contributed by atoms with Crippen LogP contribution in [0.25, 0.3) is 65.7 Å². The fourth-order valence-corrected chi connectivity index (χ4v) is 9.43. The highest BCUT2D eigenvalue weighted by Crippen LogP contribution is 2.59. The fourth-order valence-electron chi connectivity index (χ4n) is 9.43. The van der Waals surface area contributed by atoms with Crippen molar-refractivity contribution in [3.63, 3.8) is 0 Å². The van der Waals surface area contributed by atoms with Crippen LogP contribution < -0.4 is 19.3 Å². The van der Waals surface area contributed by atoms with E-state index in [1.807, 2.05) is 24.3 Å². The van der Waals surface area contributed by atoms with Crippen molar-refractivity contribution in [3.05, 3.63) is 206 Å². The molecule has 13 rings (SSSR count). The van der Waals surface area contributed by atoms with Crippen molar-refractivity contribution in [2.75, 3.05) is 9.80 Å². The largest absolute Gasteiger partial charge is 0.456 e. The molecular weight excluding hydrogens is 749 g/mol.